The maximum absolute atomic E-state index is 11.6. The fraction of sp³-hybridized carbons (Fsp3) is 0.0385. The van der Waals surface area contributed by atoms with Gasteiger partial charge in [-0.05, 0) is 41.5 Å². The highest BCUT2D eigenvalue weighted by Crippen LogP contribution is 2.41. The Morgan fingerprint density at radius 1 is 0.839 bits per heavy atom. The minimum absolute atomic E-state index is 0.321. The maximum Gasteiger partial charge on any atom is 0.512 e. The summed E-state index contributed by atoms with van der Waals surface area (Å²) >= 11 is 0. The van der Waals surface area contributed by atoms with E-state index >= 15 is 0 Å². The zero-order chi connectivity index (χ0) is 21.2. The Morgan fingerprint density at radius 2 is 1.52 bits per heavy atom. The quantitative estimate of drug-likeness (QED) is 0.352. The van der Waals surface area contributed by atoms with Crippen LogP contribution in [-0.4, -0.2) is 20.4 Å². The van der Waals surface area contributed by atoms with Gasteiger partial charge < -0.3 is 19.0 Å². The van der Waals surface area contributed by atoms with E-state index in [0.717, 1.165) is 33.3 Å². The Labute approximate surface area is 179 Å². The van der Waals surface area contributed by atoms with Crippen LogP contribution >= 0.6 is 0 Å². The molecule has 0 atom stereocenters. The van der Waals surface area contributed by atoms with Crippen LogP contribution < -0.4 is 4.74 Å². The maximum atomic E-state index is 11.6. The van der Waals surface area contributed by atoms with Gasteiger partial charge in [0, 0.05) is 23.5 Å². The van der Waals surface area contributed by atoms with Gasteiger partial charge in [0.1, 0.15) is 0 Å². The molecule has 152 valence electrons. The van der Waals surface area contributed by atoms with Crippen molar-refractivity contribution in [2.45, 2.75) is 6.54 Å². The third-order valence-electron chi connectivity index (χ3n) is 5.33. The lowest BCUT2D eigenvalue weighted by Gasteiger charge is -2.11. The van der Waals surface area contributed by atoms with Crippen LogP contribution in [0.4, 0.5) is 4.79 Å². The van der Waals surface area contributed by atoms with Crippen LogP contribution in [0.1, 0.15) is 5.56 Å². The van der Waals surface area contributed by atoms with E-state index in [4.69, 9.17) is 4.74 Å². The highest BCUT2D eigenvalue weighted by Gasteiger charge is 2.23. The second kappa shape index (κ2) is 7.88. The molecule has 5 rings (SSSR count). The summed E-state index contributed by atoms with van der Waals surface area (Å²) in [5.41, 5.74) is 4.63. The van der Waals surface area contributed by atoms with Gasteiger partial charge >= 0.3 is 6.16 Å². The molecule has 0 saturated carbocycles. The van der Waals surface area contributed by atoms with Crippen LogP contribution in [0.5, 0.6) is 5.88 Å². The number of fused-ring (bicyclic) bond motifs is 1. The fourth-order valence-corrected chi connectivity index (χ4v) is 3.98. The number of nitrogens with zero attached hydrogens (tertiary/aromatic N) is 2. The number of carbonyl (C=O) groups is 1. The summed E-state index contributed by atoms with van der Waals surface area (Å²) in [6, 6.07) is 29.8. The molecule has 0 radical (unpaired) electrons. The largest absolute Gasteiger partial charge is 0.512 e. The van der Waals surface area contributed by atoms with Crippen molar-refractivity contribution in [3.05, 3.63) is 109 Å². The third kappa shape index (κ3) is 3.57. The molecule has 0 unspecified atom stereocenters. The minimum atomic E-state index is -1.33. The third-order valence-corrected chi connectivity index (χ3v) is 5.33. The van der Waals surface area contributed by atoms with Crippen LogP contribution in [-0.2, 0) is 6.54 Å². The second-order valence-corrected chi connectivity index (χ2v) is 7.28. The first-order chi connectivity index (χ1) is 15.2. The topological polar surface area (TPSA) is 56.4 Å². The van der Waals surface area contributed by atoms with E-state index in [1.54, 1.807) is 0 Å². The average molecular weight is 408 g/mol. The number of ether oxygens (including phenoxy) is 1. The molecule has 2 heterocycles. The van der Waals surface area contributed by atoms with Crippen molar-refractivity contribution in [1.29, 1.82) is 0 Å². The molecule has 0 amide bonds. The van der Waals surface area contributed by atoms with Crippen molar-refractivity contribution in [1.82, 2.24) is 9.13 Å². The number of hydrogen-bond acceptors (Lipinski definition) is 2. The zero-order valence-corrected chi connectivity index (χ0v) is 16.7. The van der Waals surface area contributed by atoms with Crippen LogP contribution in [0.25, 0.3) is 27.7 Å². The standard InChI is InChI=1S/C26H20N2O3/c29-26(30)31-25-24(20-11-5-2-6-12-20)22-17-21(27-15-7-8-16-27)13-14-23(22)28(25)18-19-9-3-1-4-10-19/h1-17H,18H2,(H,29,30). The summed E-state index contributed by atoms with van der Waals surface area (Å²) in [5, 5.41) is 10.5. The average Bonchev–Trinajstić information content (AvgIpc) is 3.42. The van der Waals surface area contributed by atoms with Crippen molar-refractivity contribution >= 4 is 17.1 Å². The lowest BCUT2D eigenvalue weighted by molar-refractivity contribution is 0.141. The van der Waals surface area contributed by atoms with Crippen LogP contribution in [0.3, 0.4) is 0 Å². The van der Waals surface area contributed by atoms with Gasteiger partial charge in [0.2, 0.25) is 5.88 Å². The molecule has 3 aromatic carbocycles. The predicted molar refractivity (Wildman–Crippen MR) is 121 cm³/mol. The lowest BCUT2D eigenvalue weighted by Crippen LogP contribution is -2.10. The number of hydrogen-bond donors (Lipinski definition) is 1. The summed E-state index contributed by atoms with van der Waals surface area (Å²) < 4.78 is 9.35. The summed E-state index contributed by atoms with van der Waals surface area (Å²) in [5.74, 6) is 0.321. The van der Waals surface area contributed by atoms with E-state index in [1.165, 1.54) is 0 Å². The first kappa shape index (κ1) is 18.8. The molecule has 0 spiro atoms. The van der Waals surface area contributed by atoms with E-state index in [0.29, 0.717) is 12.4 Å². The Hall–Kier alpha value is -4.25. The highest BCUT2D eigenvalue weighted by atomic mass is 16.7. The summed E-state index contributed by atoms with van der Waals surface area (Å²) in [7, 11) is 0. The Morgan fingerprint density at radius 3 is 2.19 bits per heavy atom. The molecule has 0 saturated heterocycles. The molecular formula is C26H20N2O3. The van der Waals surface area contributed by atoms with E-state index in [9.17, 15) is 9.90 Å². The highest BCUT2D eigenvalue weighted by molar-refractivity contribution is 6.01. The number of aromatic nitrogens is 2. The smallest absolute Gasteiger partial charge is 0.449 e. The van der Waals surface area contributed by atoms with Crippen molar-refractivity contribution in [3.63, 3.8) is 0 Å². The number of rotatable bonds is 5. The van der Waals surface area contributed by atoms with Gasteiger partial charge in [-0.2, -0.15) is 0 Å². The molecule has 0 aliphatic carbocycles. The van der Waals surface area contributed by atoms with Gasteiger partial charge in [-0.15, -0.1) is 0 Å². The monoisotopic (exact) mass is 408 g/mol. The Bertz CT molecular complexity index is 1340. The van der Waals surface area contributed by atoms with Crippen LogP contribution in [0, 0.1) is 0 Å². The first-order valence-electron chi connectivity index (χ1n) is 10.0. The Kier molecular flexibility index (Phi) is 4.77. The van der Waals surface area contributed by atoms with Crippen molar-refractivity contribution in [2.75, 3.05) is 0 Å². The zero-order valence-electron chi connectivity index (χ0n) is 16.7. The van der Waals surface area contributed by atoms with Gasteiger partial charge in [0.15, 0.2) is 0 Å². The summed E-state index contributed by atoms with van der Waals surface area (Å²) in [4.78, 5) is 11.6. The van der Waals surface area contributed by atoms with Crippen molar-refractivity contribution in [3.8, 4) is 22.7 Å². The van der Waals surface area contributed by atoms with Crippen molar-refractivity contribution < 1.29 is 14.6 Å². The van der Waals surface area contributed by atoms with E-state index < -0.39 is 6.16 Å². The first-order valence-corrected chi connectivity index (χ1v) is 10.0. The van der Waals surface area contributed by atoms with E-state index in [-0.39, 0.29) is 0 Å². The molecule has 5 aromatic rings. The summed E-state index contributed by atoms with van der Waals surface area (Å²) in [6.45, 7) is 0.496. The van der Waals surface area contributed by atoms with Crippen LogP contribution in [0.15, 0.2) is 103 Å². The van der Waals surface area contributed by atoms with E-state index in [2.05, 4.69) is 6.07 Å². The van der Waals surface area contributed by atoms with Gasteiger partial charge in [-0.25, -0.2) is 4.79 Å². The summed E-state index contributed by atoms with van der Waals surface area (Å²) in [6.07, 6.45) is 2.64. The molecule has 0 fully saturated rings. The van der Waals surface area contributed by atoms with Gasteiger partial charge in [-0.3, -0.25) is 0 Å². The molecule has 0 aliphatic rings. The molecule has 0 bridgehead atoms. The molecule has 5 heteroatoms. The molecular weight excluding hydrogens is 388 g/mol. The molecule has 31 heavy (non-hydrogen) atoms. The van der Waals surface area contributed by atoms with Crippen LogP contribution in [0.2, 0.25) is 0 Å². The van der Waals surface area contributed by atoms with Gasteiger partial charge in [0.25, 0.3) is 0 Å². The normalized spacial score (nSPS) is 11.0. The molecule has 5 nitrogen and oxygen atoms in total. The van der Waals surface area contributed by atoms with E-state index in [1.807, 2.05) is 106 Å². The Balaban J connectivity index is 1.80. The molecule has 0 aliphatic heterocycles. The van der Waals surface area contributed by atoms with Gasteiger partial charge in [0.05, 0.1) is 17.6 Å². The van der Waals surface area contributed by atoms with Crippen molar-refractivity contribution in [2.24, 2.45) is 0 Å². The number of benzene rings is 3. The fourth-order valence-electron chi connectivity index (χ4n) is 3.98. The van der Waals surface area contributed by atoms with Gasteiger partial charge in [-0.1, -0.05) is 60.7 Å². The molecule has 2 aromatic heterocycles. The minimum Gasteiger partial charge on any atom is -0.449 e. The number of carboxylic acid groups (broad SMARTS) is 1. The SMILES string of the molecule is O=C(O)Oc1c(-c2ccccc2)c2cc(-n3cccc3)ccc2n1Cc1ccccc1. The molecule has 1 N–H and O–H groups in total. The lowest BCUT2D eigenvalue weighted by atomic mass is 10.0. The predicted octanol–water partition coefficient (Wildman–Crippen LogP) is 6.20. The second-order valence-electron chi connectivity index (χ2n) is 7.28.